The minimum Gasteiger partial charge on any atom is -0.228 e. The smallest absolute Gasteiger partial charge is 0.189 e. The zero-order valence-corrected chi connectivity index (χ0v) is 8.72. The minimum absolute atomic E-state index is 0.0961. The molecule has 0 N–H and O–H groups in total. The molecule has 1 unspecified atom stereocenters. The Morgan fingerprint density at radius 2 is 1.92 bits per heavy atom. The summed E-state index contributed by atoms with van der Waals surface area (Å²) in [5.74, 6) is 0. The van der Waals surface area contributed by atoms with Gasteiger partial charge >= 0.3 is 0 Å². The van der Waals surface area contributed by atoms with Crippen molar-refractivity contribution in [3.8, 4) is 6.07 Å². The third kappa shape index (κ3) is 3.03. The Balaban J connectivity index is 2.84. The van der Waals surface area contributed by atoms with Gasteiger partial charge in [-0.3, -0.25) is 0 Å². The van der Waals surface area contributed by atoms with Crippen LogP contribution in [-0.4, -0.2) is 15.2 Å². The quantitative estimate of drug-likeness (QED) is 0.533. The Bertz CT molecular complexity index is 323. The van der Waals surface area contributed by atoms with E-state index in [2.05, 4.69) is 16.0 Å². The van der Waals surface area contributed by atoms with Crippen LogP contribution in [0.2, 0.25) is 0 Å². The lowest BCUT2D eigenvalue weighted by Crippen LogP contribution is -1.97. The number of aromatic nitrogens is 2. The molecule has 0 aliphatic rings. The van der Waals surface area contributed by atoms with Crippen molar-refractivity contribution < 1.29 is 0 Å². The molecule has 0 aliphatic carbocycles. The summed E-state index contributed by atoms with van der Waals surface area (Å²) in [6.45, 7) is 5.69. The van der Waals surface area contributed by atoms with E-state index >= 15 is 0 Å². The van der Waals surface area contributed by atoms with Crippen LogP contribution < -0.4 is 0 Å². The molecule has 1 heterocycles. The standard InChI is InChI=1S/C9H11N3S/c1-6-4-7(2)12-9(11-6)13-8(3)5-10/h4,8H,1-3H3. The first-order valence-corrected chi connectivity index (χ1v) is 4.88. The van der Waals surface area contributed by atoms with Crippen LogP contribution in [0.5, 0.6) is 0 Å². The van der Waals surface area contributed by atoms with Gasteiger partial charge in [-0.25, -0.2) is 9.97 Å². The van der Waals surface area contributed by atoms with Crippen molar-refractivity contribution in [1.29, 1.82) is 5.26 Å². The summed E-state index contributed by atoms with van der Waals surface area (Å²) in [5, 5.41) is 9.20. The average Bonchev–Trinajstić information content (AvgIpc) is 2.02. The van der Waals surface area contributed by atoms with E-state index in [1.165, 1.54) is 11.8 Å². The predicted molar refractivity (Wildman–Crippen MR) is 52.4 cm³/mol. The zero-order valence-electron chi connectivity index (χ0n) is 7.90. The van der Waals surface area contributed by atoms with Crippen molar-refractivity contribution in [3.63, 3.8) is 0 Å². The molecule has 3 nitrogen and oxygen atoms in total. The van der Waals surface area contributed by atoms with Gasteiger partial charge in [0.2, 0.25) is 0 Å². The van der Waals surface area contributed by atoms with Crippen molar-refractivity contribution in [2.24, 2.45) is 0 Å². The molecule has 1 aromatic heterocycles. The van der Waals surface area contributed by atoms with Crippen LogP contribution in [0, 0.1) is 25.2 Å². The van der Waals surface area contributed by atoms with Crippen LogP contribution in [0.3, 0.4) is 0 Å². The fourth-order valence-electron chi connectivity index (χ4n) is 0.931. The number of hydrogen-bond acceptors (Lipinski definition) is 4. The van der Waals surface area contributed by atoms with Crippen molar-refractivity contribution >= 4 is 11.8 Å². The molecule has 0 spiro atoms. The van der Waals surface area contributed by atoms with E-state index in [1.807, 2.05) is 26.8 Å². The molecule has 0 fully saturated rings. The third-order valence-corrected chi connectivity index (χ3v) is 2.28. The van der Waals surface area contributed by atoms with E-state index in [0.29, 0.717) is 5.16 Å². The lowest BCUT2D eigenvalue weighted by Gasteiger charge is -2.02. The molecular formula is C9H11N3S. The van der Waals surface area contributed by atoms with Crippen LogP contribution in [0.25, 0.3) is 0 Å². The number of rotatable bonds is 2. The SMILES string of the molecule is Cc1cc(C)nc(SC(C)C#N)n1. The van der Waals surface area contributed by atoms with Gasteiger partial charge in [-0.2, -0.15) is 5.26 Å². The highest BCUT2D eigenvalue weighted by Crippen LogP contribution is 2.18. The second-order valence-electron chi connectivity index (χ2n) is 2.82. The molecule has 0 amide bonds. The Hall–Kier alpha value is -1.08. The number of nitrogens with zero attached hydrogens (tertiary/aromatic N) is 3. The van der Waals surface area contributed by atoms with Gasteiger partial charge in [0, 0.05) is 11.4 Å². The number of aryl methyl sites for hydroxylation is 2. The van der Waals surface area contributed by atoms with Gasteiger partial charge in [0.15, 0.2) is 5.16 Å². The van der Waals surface area contributed by atoms with E-state index in [1.54, 1.807) is 0 Å². The lowest BCUT2D eigenvalue weighted by molar-refractivity contribution is 0.899. The Labute approximate surface area is 82.2 Å². The third-order valence-electron chi connectivity index (χ3n) is 1.43. The first-order chi connectivity index (χ1) is 6.11. The fraction of sp³-hybridized carbons (Fsp3) is 0.444. The summed E-state index contributed by atoms with van der Waals surface area (Å²) >= 11 is 1.39. The second-order valence-corrected chi connectivity index (χ2v) is 4.13. The Morgan fingerprint density at radius 1 is 1.38 bits per heavy atom. The van der Waals surface area contributed by atoms with Crippen molar-refractivity contribution in [2.45, 2.75) is 31.2 Å². The summed E-state index contributed by atoms with van der Waals surface area (Å²) in [7, 11) is 0. The van der Waals surface area contributed by atoms with E-state index in [9.17, 15) is 0 Å². The van der Waals surface area contributed by atoms with Crippen LogP contribution in [0.1, 0.15) is 18.3 Å². The largest absolute Gasteiger partial charge is 0.228 e. The molecule has 0 aliphatic heterocycles. The van der Waals surface area contributed by atoms with E-state index in [-0.39, 0.29) is 5.25 Å². The van der Waals surface area contributed by atoms with Gasteiger partial charge in [0.25, 0.3) is 0 Å². The van der Waals surface area contributed by atoms with Crippen molar-refractivity contribution in [2.75, 3.05) is 0 Å². The lowest BCUT2D eigenvalue weighted by atomic mass is 10.4. The van der Waals surface area contributed by atoms with Crippen LogP contribution in [-0.2, 0) is 0 Å². The summed E-state index contributed by atoms with van der Waals surface area (Å²) in [4.78, 5) is 8.45. The number of hydrogen-bond donors (Lipinski definition) is 0. The van der Waals surface area contributed by atoms with Gasteiger partial charge in [0.05, 0.1) is 11.3 Å². The number of thioether (sulfide) groups is 1. The summed E-state index contributed by atoms with van der Waals surface area (Å²) in [6.07, 6.45) is 0. The minimum atomic E-state index is -0.0961. The summed E-state index contributed by atoms with van der Waals surface area (Å²) in [6, 6.07) is 4.05. The molecule has 68 valence electrons. The van der Waals surface area contributed by atoms with Gasteiger partial charge in [-0.05, 0) is 26.8 Å². The molecule has 0 bridgehead atoms. The maximum Gasteiger partial charge on any atom is 0.189 e. The second kappa shape index (κ2) is 4.24. The predicted octanol–water partition coefficient (Wildman–Crippen LogP) is 2.10. The normalized spacial score (nSPS) is 12.2. The number of nitriles is 1. The van der Waals surface area contributed by atoms with Crippen molar-refractivity contribution in [3.05, 3.63) is 17.5 Å². The molecule has 1 aromatic rings. The molecule has 0 aromatic carbocycles. The monoisotopic (exact) mass is 193 g/mol. The molecule has 0 saturated heterocycles. The highest BCUT2D eigenvalue weighted by molar-refractivity contribution is 7.99. The molecule has 1 rings (SSSR count). The highest BCUT2D eigenvalue weighted by Gasteiger charge is 2.05. The highest BCUT2D eigenvalue weighted by atomic mass is 32.2. The fourth-order valence-corrected chi connectivity index (χ4v) is 1.69. The van der Waals surface area contributed by atoms with E-state index < -0.39 is 0 Å². The Morgan fingerprint density at radius 3 is 2.38 bits per heavy atom. The molecule has 4 heteroatoms. The van der Waals surface area contributed by atoms with Gasteiger partial charge in [-0.1, -0.05) is 11.8 Å². The van der Waals surface area contributed by atoms with Crippen LogP contribution in [0.4, 0.5) is 0 Å². The molecule has 13 heavy (non-hydrogen) atoms. The maximum atomic E-state index is 8.61. The molecule has 0 radical (unpaired) electrons. The Kier molecular flexibility index (Phi) is 3.26. The van der Waals surface area contributed by atoms with Crippen LogP contribution >= 0.6 is 11.8 Å². The summed E-state index contributed by atoms with van der Waals surface area (Å²) in [5.41, 5.74) is 1.89. The molecule has 1 atom stereocenters. The van der Waals surface area contributed by atoms with Crippen LogP contribution in [0.15, 0.2) is 11.2 Å². The topological polar surface area (TPSA) is 49.6 Å². The van der Waals surface area contributed by atoms with Gasteiger partial charge in [0.1, 0.15) is 0 Å². The van der Waals surface area contributed by atoms with Gasteiger partial charge in [-0.15, -0.1) is 0 Å². The van der Waals surface area contributed by atoms with Gasteiger partial charge < -0.3 is 0 Å². The molecular weight excluding hydrogens is 182 g/mol. The first-order valence-electron chi connectivity index (χ1n) is 4.00. The van der Waals surface area contributed by atoms with E-state index in [4.69, 9.17) is 5.26 Å². The average molecular weight is 193 g/mol. The molecule has 0 saturated carbocycles. The first kappa shape index (κ1) is 10.0. The van der Waals surface area contributed by atoms with Crippen molar-refractivity contribution in [1.82, 2.24) is 9.97 Å². The summed E-state index contributed by atoms with van der Waals surface area (Å²) < 4.78 is 0. The van der Waals surface area contributed by atoms with E-state index in [0.717, 1.165) is 11.4 Å². The maximum absolute atomic E-state index is 8.61. The zero-order chi connectivity index (χ0) is 9.84.